The maximum atomic E-state index is 13.3. The van der Waals surface area contributed by atoms with E-state index in [4.69, 9.17) is 0 Å². The number of benzene rings is 1. The van der Waals surface area contributed by atoms with Crippen LogP contribution in [0.15, 0.2) is 60.8 Å². The van der Waals surface area contributed by atoms with E-state index in [-0.39, 0.29) is 18.0 Å². The van der Waals surface area contributed by atoms with Crippen molar-refractivity contribution in [2.24, 2.45) is 0 Å². The molecule has 4 aromatic rings. The zero-order valence-electron chi connectivity index (χ0n) is 14.3. The Morgan fingerprint density at radius 1 is 1.15 bits per heavy atom. The summed E-state index contributed by atoms with van der Waals surface area (Å²) >= 11 is -0.131. The SMILES string of the molecule is Cc1cccc(-c2cc(C(=O)Nc3ccc4cccnc4n3)n(SF)n2)c1. The van der Waals surface area contributed by atoms with Crippen molar-refractivity contribution < 1.29 is 8.68 Å². The predicted octanol–water partition coefficient (Wildman–Crippen LogP) is 4.43. The highest BCUT2D eigenvalue weighted by molar-refractivity contribution is 7.92. The topological polar surface area (TPSA) is 72.7 Å². The Morgan fingerprint density at radius 2 is 2.04 bits per heavy atom. The highest BCUT2D eigenvalue weighted by Crippen LogP contribution is 2.24. The number of nitrogens with one attached hydrogen (secondary N) is 1. The van der Waals surface area contributed by atoms with Gasteiger partial charge in [-0.1, -0.05) is 23.8 Å². The van der Waals surface area contributed by atoms with Gasteiger partial charge in [-0.05, 0) is 43.3 Å². The van der Waals surface area contributed by atoms with E-state index in [1.807, 2.05) is 49.4 Å². The zero-order valence-corrected chi connectivity index (χ0v) is 15.1. The first-order chi connectivity index (χ1) is 13.1. The van der Waals surface area contributed by atoms with E-state index >= 15 is 0 Å². The van der Waals surface area contributed by atoms with Gasteiger partial charge < -0.3 is 5.32 Å². The van der Waals surface area contributed by atoms with Crippen LogP contribution in [0.5, 0.6) is 0 Å². The van der Waals surface area contributed by atoms with E-state index in [0.717, 1.165) is 20.6 Å². The van der Waals surface area contributed by atoms with E-state index in [0.29, 0.717) is 17.2 Å². The van der Waals surface area contributed by atoms with Gasteiger partial charge in [-0.15, -0.1) is 3.89 Å². The van der Waals surface area contributed by atoms with Crippen molar-refractivity contribution >= 4 is 35.1 Å². The number of carbonyl (C=O) groups excluding carboxylic acids is 1. The molecule has 0 saturated heterocycles. The minimum atomic E-state index is -0.505. The molecule has 8 heteroatoms. The Morgan fingerprint density at radius 3 is 2.85 bits per heavy atom. The van der Waals surface area contributed by atoms with Crippen molar-refractivity contribution in [2.45, 2.75) is 6.92 Å². The van der Waals surface area contributed by atoms with Crippen molar-refractivity contribution in [1.29, 1.82) is 0 Å². The van der Waals surface area contributed by atoms with Gasteiger partial charge in [0.15, 0.2) is 18.0 Å². The number of hydrogen-bond donors (Lipinski definition) is 1. The largest absolute Gasteiger partial charge is 0.305 e. The summed E-state index contributed by atoms with van der Waals surface area (Å²) in [6.07, 6.45) is 1.63. The van der Waals surface area contributed by atoms with Crippen LogP contribution in [0.3, 0.4) is 0 Å². The van der Waals surface area contributed by atoms with Crippen LogP contribution in [0.25, 0.3) is 22.3 Å². The van der Waals surface area contributed by atoms with Crippen LogP contribution in [0.1, 0.15) is 16.1 Å². The maximum Gasteiger partial charge on any atom is 0.276 e. The number of rotatable bonds is 4. The summed E-state index contributed by atoms with van der Waals surface area (Å²) in [5.41, 5.74) is 2.98. The molecule has 1 N–H and O–H groups in total. The molecule has 4 rings (SSSR count). The molecule has 1 amide bonds. The van der Waals surface area contributed by atoms with Crippen LogP contribution in [0, 0.1) is 6.92 Å². The lowest BCUT2D eigenvalue weighted by molar-refractivity contribution is 0.102. The molecule has 3 heterocycles. The molecule has 0 fully saturated rings. The second-order valence-electron chi connectivity index (χ2n) is 5.93. The third kappa shape index (κ3) is 3.52. The van der Waals surface area contributed by atoms with Crippen molar-refractivity contribution in [3.05, 3.63) is 72.1 Å². The molecule has 1 aromatic carbocycles. The van der Waals surface area contributed by atoms with Crippen molar-refractivity contribution in [3.63, 3.8) is 0 Å². The van der Waals surface area contributed by atoms with Gasteiger partial charge in [-0.2, -0.15) is 9.19 Å². The number of nitrogens with zero attached hydrogens (tertiary/aromatic N) is 4. The van der Waals surface area contributed by atoms with E-state index < -0.39 is 5.91 Å². The molecule has 0 aliphatic heterocycles. The van der Waals surface area contributed by atoms with Crippen molar-refractivity contribution in [3.8, 4) is 11.3 Å². The second-order valence-corrected chi connectivity index (χ2v) is 6.41. The first kappa shape index (κ1) is 17.2. The van der Waals surface area contributed by atoms with Gasteiger partial charge in [0.2, 0.25) is 0 Å². The number of pyridine rings is 2. The predicted molar refractivity (Wildman–Crippen MR) is 104 cm³/mol. The van der Waals surface area contributed by atoms with E-state index in [9.17, 15) is 8.68 Å². The number of aromatic nitrogens is 4. The Labute approximate surface area is 158 Å². The van der Waals surface area contributed by atoms with E-state index in [1.165, 1.54) is 0 Å². The van der Waals surface area contributed by atoms with Gasteiger partial charge in [0.1, 0.15) is 11.5 Å². The number of anilines is 1. The van der Waals surface area contributed by atoms with Crippen molar-refractivity contribution in [1.82, 2.24) is 19.2 Å². The molecule has 27 heavy (non-hydrogen) atoms. The minimum Gasteiger partial charge on any atom is -0.305 e. The number of aryl methyl sites for hydroxylation is 1. The van der Waals surface area contributed by atoms with E-state index in [2.05, 4.69) is 20.4 Å². The Hall–Kier alpha value is -3.26. The number of fused-ring (bicyclic) bond motifs is 1. The van der Waals surface area contributed by atoms with Gasteiger partial charge in [-0.3, -0.25) is 4.79 Å². The van der Waals surface area contributed by atoms with Gasteiger partial charge in [0, 0.05) is 17.1 Å². The maximum absolute atomic E-state index is 13.3. The number of hydrogen-bond acceptors (Lipinski definition) is 5. The quantitative estimate of drug-likeness (QED) is 0.568. The fourth-order valence-corrected chi connectivity index (χ4v) is 3.05. The molecule has 0 saturated carbocycles. The normalized spacial score (nSPS) is 10.9. The standard InChI is InChI=1S/C19H14FN5OS/c1-12-4-2-5-14(10-12)15-11-16(25(24-15)27-20)19(26)23-17-8-7-13-6-3-9-21-18(13)22-17/h2-11H,1H3,(H,21,22,23,26). The lowest BCUT2D eigenvalue weighted by Gasteiger charge is -2.05. The molecule has 0 aliphatic carbocycles. The molecule has 0 bridgehead atoms. The summed E-state index contributed by atoms with van der Waals surface area (Å²) in [5, 5.41) is 7.70. The van der Waals surface area contributed by atoms with Crippen LogP contribution in [-0.2, 0) is 0 Å². The summed E-state index contributed by atoms with van der Waals surface area (Å²) in [4.78, 5) is 21.1. The fourth-order valence-electron chi connectivity index (χ4n) is 2.72. The molecule has 0 spiro atoms. The molecule has 0 unspecified atom stereocenters. The molecular weight excluding hydrogens is 365 g/mol. The van der Waals surface area contributed by atoms with Crippen molar-refractivity contribution in [2.75, 3.05) is 5.32 Å². The summed E-state index contributed by atoms with van der Waals surface area (Å²) in [5.74, 6) is -0.172. The summed E-state index contributed by atoms with van der Waals surface area (Å²) in [6, 6.07) is 16.4. The molecule has 0 atom stereocenters. The summed E-state index contributed by atoms with van der Waals surface area (Å²) in [6.45, 7) is 1.96. The van der Waals surface area contributed by atoms with Gasteiger partial charge in [-0.25, -0.2) is 9.97 Å². The lowest BCUT2D eigenvalue weighted by Crippen LogP contribution is -2.16. The van der Waals surface area contributed by atoms with Gasteiger partial charge in [0.05, 0.1) is 5.69 Å². The van der Waals surface area contributed by atoms with Gasteiger partial charge >= 0.3 is 0 Å². The number of halogens is 1. The van der Waals surface area contributed by atoms with E-state index in [1.54, 1.807) is 18.3 Å². The molecule has 6 nitrogen and oxygen atoms in total. The third-order valence-electron chi connectivity index (χ3n) is 4.00. The zero-order chi connectivity index (χ0) is 18.8. The molecular formula is C19H14FN5OS. The van der Waals surface area contributed by atoms with Gasteiger partial charge in [0.25, 0.3) is 5.91 Å². The highest BCUT2D eigenvalue weighted by atomic mass is 32.2. The van der Waals surface area contributed by atoms with Crippen LogP contribution in [0.4, 0.5) is 9.70 Å². The van der Waals surface area contributed by atoms with Crippen LogP contribution in [0.2, 0.25) is 0 Å². The molecule has 0 radical (unpaired) electrons. The average Bonchev–Trinajstić information content (AvgIpc) is 3.12. The third-order valence-corrected chi connectivity index (χ3v) is 4.40. The molecule has 0 aliphatic rings. The van der Waals surface area contributed by atoms with Crippen LogP contribution >= 0.6 is 12.3 Å². The smallest absolute Gasteiger partial charge is 0.276 e. The summed E-state index contributed by atoms with van der Waals surface area (Å²) in [7, 11) is 0. The fraction of sp³-hybridized carbons (Fsp3) is 0.0526. The lowest BCUT2D eigenvalue weighted by atomic mass is 10.1. The number of amides is 1. The van der Waals surface area contributed by atoms with Crippen LogP contribution < -0.4 is 5.32 Å². The van der Waals surface area contributed by atoms with Crippen LogP contribution in [-0.4, -0.2) is 25.1 Å². The minimum absolute atomic E-state index is 0.0851. The molecule has 134 valence electrons. The first-order valence-corrected chi connectivity index (χ1v) is 8.81. The Kier molecular flexibility index (Phi) is 4.55. The average molecular weight is 379 g/mol. The summed E-state index contributed by atoms with van der Waals surface area (Å²) < 4.78 is 14.3. The molecule has 3 aromatic heterocycles. The Balaban J connectivity index is 1.64. The number of carbonyl (C=O) groups is 1. The Bertz CT molecular complexity index is 1140. The monoisotopic (exact) mass is 379 g/mol. The first-order valence-electron chi connectivity index (χ1n) is 8.13. The second kappa shape index (κ2) is 7.16. The highest BCUT2D eigenvalue weighted by Gasteiger charge is 2.18.